The van der Waals surface area contributed by atoms with Gasteiger partial charge in [0.15, 0.2) is 5.69 Å². The molecule has 0 bridgehead atoms. The van der Waals surface area contributed by atoms with Gasteiger partial charge in [0.1, 0.15) is 6.54 Å². The molecule has 3 N–H and O–H groups in total. The molecule has 1 heterocycles. The highest BCUT2D eigenvalue weighted by Gasteiger charge is 2.25. The van der Waals surface area contributed by atoms with Gasteiger partial charge in [-0.3, -0.25) is 4.79 Å². The Balaban J connectivity index is 2.50. The third kappa shape index (κ3) is 5.50. The predicted molar refractivity (Wildman–Crippen MR) is 74.8 cm³/mol. The molecule has 0 aliphatic heterocycles. The van der Waals surface area contributed by atoms with Crippen molar-refractivity contribution in [1.82, 2.24) is 20.3 Å². The van der Waals surface area contributed by atoms with Crippen molar-refractivity contribution in [2.24, 2.45) is 0 Å². The van der Waals surface area contributed by atoms with E-state index in [9.17, 15) is 14.7 Å². The number of aliphatic hydroxyl groups is 1. The Bertz CT molecular complexity index is 480. The third-order valence-corrected chi connectivity index (χ3v) is 3.11. The third-order valence-electron chi connectivity index (χ3n) is 3.11. The number of carbonyl (C=O) groups excluding carboxylic acids is 1. The van der Waals surface area contributed by atoms with Gasteiger partial charge in [0, 0.05) is 6.54 Å². The Morgan fingerprint density at radius 1 is 1.33 bits per heavy atom. The van der Waals surface area contributed by atoms with Crippen LogP contribution in [-0.2, 0) is 11.3 Å². The molecule has 0 atom stereocenters. The molecule has 1 rings (SSSR count). The van der Waals surface area contributed by atoms with Crippen molar-refractivity contribution in [3.8, 4) is 0 Å². The van der Waals surface area contributed by atoms with Crippen LogP contribution in [0, 0.1) is 0 Å². The largest absolute Gasteiger partial charge is 0.476 e. The van der Waals surface area contributed by atoms with Crippen molar-refractivity contribution in [2.45, 2.75) is 51.7 Å². The summed E-state index contributed by atoms with van der Waals surface area (Å²) in [5.41, 5.74) is -1.11. The lowest BCUT2D eigenvalue weighted by Crippen LogP contribution is -2.43. The van der Waals surface area contributed by atoms with E-state index in [1.807, 2.05) is 13.8 Å². The minimum absolute atomic E-state index is 0.130. The molecule has 1 amide bonds. The van der Waals surface area contributed by atoms with E-state index in [2.05, 4.69) is 15.6 Å². The molecule has 1 aromatic heterocycles. The van der Waals surface area contributed by atoms with Crippen LogP contribution in [0.1, 0.15) is 50.0 Å². The highest BCUT2D eigenvalue weighted by molar-refractivity contribution is 5.84. The van der Waals surface area contributed by atoms with Gasteiger partial charge in [-0.05, 0) is 12.8 Å². The van der Waals surface area contributed by atoms with Crippen LogP contribution >= 0.6 is 0 Å². The molecule has 0 fully saturated rings. The van der Waals surface area contributed by atoms with Gasteiger partial charge < -0.3 is 15.5 Å². The number of nitrogens with zero attached hydrogens (tertiary/aromatic N) is 3. The fourth-order valence-electron chi connectivity index (χ4n) is 2.17. The molecule has 0 aromatic carbocycles. The van der Waals surface area contributed by atoms with Crippen LogP contribution in [0.25, 0.3) is 0 Å². The lowest BCUT2D eigenvalue weighted by Gasteiger charge is -2.27. The first-order valence-corrected chi connectivity index (χ1v) is 7.02. The summed E-state index contributed by atoms with van der Waals surface area (Å²) < 4.78 is 1.15. The van der Waals surface area contributed by atoms with Gasteiger partial charge in [0.05, 0.1) is 11.8 Å². The zero-order chi connectivity index (χ0) is 15.9. The van der Waals surface area contributed by atoms with Crippen LogP contribution in [0.2, 0.25) is 0 Å². The number of aromatic carboxylic acids is 1. The molecular formula is C13H22N4O4. The number of carboxylic acids is 1. The lowest BCUT2D eigenvalue weighted by atomic mass is 9.92. The van der Waals surface area contributed by atoms with Gasteiger partial charge in [-0.2, -0.15) is 0 Å². The first-order valence-electron chi connectivity index (χ1n) is 7.02. The molecule has 0 radical (unpaired) electrons. The average Bonchev–Trinajstić information content (AvgIpc) is 2.86. The second kappa shape index (κ2) is 7.72. The van der Waals surface area contributed by atoms with Crippen molar-refractivity contribution < 1.29 is 19.8 Å². The SMILES string of the molecule is CCCC(O)(CCC)CNC(=O)Cn1cc(C(=O)O)nn1. The van der Waals surface area contributed by atoms with Crippen molar-refractivity contribution in [1.29, 1.82) is 0 Å². The summed E-state index contributed by atoms with van der Waals surface area (Å²) in [5, 5.41) is 28.7. The monoisotopic (exact) mass is 298 g/mol. The molecule has 8 heteroatoms. The maximum Gasteiger partial charge on any atom is 0.358 e. The molecule has 21 heavy (non-hydrogen) atoms. The Morgan fingerprint density at radius 2 is 1.95 bits per heavy atom. The van der Waals surface area contributed by atoms with Crippen molar-refractivity contribution in [3.63, 3.8) is 0 Å². The van der Waals surface area contributed by atoms with Gasteiger partial charge >= 0.3 is 5.97 Å². The van der Waals surface area contributed by atoms with E-state index in [4.69, 9.17) is 5.11 Å². The minimum atomic E-state index is -1.19. The zero-order valence-corrected chi connectivity index (χ0v) is 12.4. The fraction of sp³-hybridized carbons (Fsp3) is 0.692. The van der Waals surface area contributed by atoms with Crippen LogP contribution in [0.15, 0.2) is 6.20 Å². The Labute approximate surface area is 123 Å². The maximum atomic E-state index is 11.8. The molecule has 1 aromatic rings. The minimum Gasteiger partial charge on any atom is -0.476 e. The number of nitrogens with one attached hydrogen (secondary N) is 1. The second-order valence-electron chi connectivity index (χ2n) is 5.11. The normalized spacial score (nSPS) is 11.4. The van der Waals surface area contributed by atoms with Crippen LogP contribution in [-0.4, -0.2) is 49.2 Å². The number of amides is 1. The van der Waals surface area contributed by atoms with Crippen LogP contribution in [0.3, 0.4) is 0 Å². The van der Waals surface area contributed by atoms with E-state index in [1.165, 1.54) is 6.20 Å². The Morgan fingerprint density at radius 3 is 2.43 bits per heavy atom. The van der Waals surface area contributed by atoms with Crippen molar-refractivity contribution >= 4 is 11.9 Å². The van der Waals surface area contributed by atoms with Crippen LogP contribution in [0.4, 0.5) is 0 Å². The summed E-state index contributed by atoms with van der Waals surface area (Å²) in [6.07, 6.45) is 4.09. The van der Waals surface area contributed by atoms with E-state index < -0.39 is 11.6 Å². The lowest BCUT2D eigenvalue weighted by molar-refractivity contribution is -0.123. The number of rotatable bonds is 9. The van der Waals surface area contributed by atoms with Crippen LogP contribution in [0.5, 0.6) is 0 Å². The topological polar surface area (TPSA) is 117 Å². The molecule has 118 valence electrons. The molecule has 0 unspecified atom stereocenters. The van der Waals surface area contributed by atoms with Gasteiger partial charge in [-0.15, -0.1) is 5.10 Å². The van der Waals surface area contributed by atoms with Crippen molar-refractivity contribution in [2.75, 3.05) is 6.54 Å². The molecule has 0 aliphatic carbocycles. The van der Waals surface area contributed by atoms with Gasteiger partial charge in [-0.1, -0.05) is 31.9 Å². The van der Waals surface area contributed by atoms with E-state index in [0.717, 1.165) is 17.5 Å². The summed E-state index contributed by atoms with van der Waals surface area (Å²) in [7, 11) is 0. The average molecular weight is 298 g/mol. The molecule has 0 saturated carbocycles. The van der Waals surface area contributed by atoms with E-state index >= 15 is 0 Å². The first-order chi connectivity index (χ1) is 9.90. The summed E-state index contributed by atoms with van der Waals surface area (Å²) in [6.45, 7) is 4.00. The molecular weight excluding hydrogens is 276 g/mol. The number of carboxylic acid groups (broad SMARTS) is 1. The Hall–Kier alpha value is -1.96. The van der Waals surface area contributed by atoms with Gasteiger partial charge in [0.2, 0.25) is 5.91 Å². The number of hydrogen-bond donors (Lipinski definition) is 3. The molecule has 0 spiro atoms. The van der Waals surface area contributed by atoms with Crippen molar-refractivity contribution in [3.05, 3.63) is 11.9 Å². The van der Waals surface area contributed by atoms with Gasteiger partial charge in [0.25, 0.3) is 0 Å². The molecule has 8 nitrogen and oxygen atoms in total. The fourth-order valence-corrected chi connectivity index (χ4v) is 2.17. The van der Waals surface area contributed by atoms with E-state index in [1.54, 1.807) is 0 Å². The smallest absolute Gasteiger partial charge is 0.358 e. The summed E-state index contributed by atoms with van der Waals surface area (Å²) >= 11 is 0. The summed E-state index contributed by atoms with van der Waals surface area (Å²) in [4.78, 5) is 22.4. The first kappa shape index (κ1) is 17.1. The van der Waals surface area contributed by atoms with Gasteiger partial charge in [-0.25, -0.2) is 9.48 Å². The standard InChI is InChI=1S/C13H22N4O4/c1-3-5-13(21,6-4-2)9-14-11(18)8-17-7-10(12(19)20)15-16-17/h7,21H,3-6,8-9H2,1-2H3,(H,14,18)(H,19,20). The quantitative estimate of drug-likeness (QED) is 0.608. The zero-order valence-electron chi connectivity index (χ0n) is 12.4. The highest BCUT2D eigenvalue weighted by atomic mass is 16.4. The summed E-state index contributed by atoms with van der Waals surface area (Å²) in [5.74, 6) is -1.54. The second-order valence-corrected chi connectivity index (χ2v) is 5.11. The highest BCUT2D eigenvalue weighted by Crippen LogP contribution is 2.18. The van der Waals surface area contributed by atoms with Crippen LogP contribution < -0.4 is 5.32 Å². The Kier molecular flexibility index (Phi) is 6.29. The number of carbonyl (C=O) groups is 2. The number of hydrogen-bond acceptors (Lipinski definition) is 5. The van der Waals surface area contributed by atoms with E-state index in [0.29, 0.717) is 12.8 Å². The predicted octanol–water partition coefficient (Wildman–Crippen LogP) is 0.424. The van der Waals surface area contributed by atoms with E-state index in [-0.39, 0.29) is 24.7 Å². The molecule has 0 saturated heterocycles. The summed E-state index contributed by atoms with van der Waals surface area (Å²) in [6, 6.07) is 0. The molecule has 0 aliphatic rings. The maximum absolute atomic E-state index is 11.8. The number of aromatic nitrogens is 3.